The van der Waals surface area contributed by atoms with Crippen molar-refractivity contribution in [2.45, 2.75) is 19.0 Å². The first-order valence-corrected chi connectivity index (χ1v) is 8.14. The number of methoxy groups -OCH3 is 1. The van der Waals surface area contributed by atoms with E-state index in [9.17, 15) is 4.79 Å². The molecule has 2 heterocycles. The molecule has 6 heteroatoms. The van der Waals surface area contributed by atoms with Crippen LogP contribution in [0.4, 0.5) is 0 Å². The molecule has 1 aliphatic heterocycles. The van der Waals surface area contributed by atoms with E-state index >= 15 is 0 Å². The first-order chi connectivity index (χ1) is 11.1. The molecule has 0 saturated carbocycles. The van der Waals surface area contributed by atoms with E-state index in [-0.39, 0.29) is 5.91 Å². The maximum atomic E-state index is 12.7. The maximum absolute atomic E-state index is 12.7. The smallest absolute Gasteiger partial charge is 0.237 e. The summed E-state index contributed by atoms with van der Waals surface area (Å²) in [4.78, 5) is 23.2. The predicted molar refractivity (Wildman–Crippen MR) is 90.1 cm³/mol. The van der Waals surface area contributed by atoms with Crippen molar-refractivity contribution >= 4 is 5.91 Å². The fourth-order valence-electron chi connectivity index (χ4n) is 2.87. The van der Waals surface area contributed by atoms with Gasteiger partial charge < -0.3 is 14.5 Å². The largest absolute Gasteiger partial charge is 0.383 e. The number of likely N-dealkylation sites (N-methyl/N-ethyl adjacent to an activating group) is 1. The van der Waals surface area contributed by atoms with Crippen LogP contribution in [-0.2, 0) is 16.1 Å². The van der Waals surface area contributed by atoms with Crippen molar-refractivity contribution < 1.29 is 9.53 Å². The standard InChI is InChI=1S/C17H28N4O2/c1-19(2)16-6-8-20(13-16)14-17(22)21(9-10-23-3)12-15-5-4-7-18-11-15/h4-5,7,11,16H,6,8-10,12-14H2,1-3H3. The zero-order chi connectivity index (χ0) is 16.7. The van der Waals surface area contributed by atoms with Crippen LogP contribution in [0.25, 0.3) is 0 Å². The zero-order valence-electron chi connectivity index (χ0n) is 14.4. The highest BCUT2D eigenvalue weighted by atomic mass is 16.5. The first kappa shape index (κ1) is 17.8. The highest BCUT2D eigenvalue weighted by molar-refractivity contribution is 5.78. The van der Waals surface area contributed by atoms with Crippen molar-refractivity contribution in [3.63, 3.8) is 0 Å². The topological polar surface area (TPSA) is 48.9 Å². The lowest BCUT2D eigenvalue weighted by atomic mass is 10.2. The Morgan fingerprint density at radius 2 is 2.30 bits per heavy atom. The number of amides is 1. The first-order valence-electron chi connectivity index (χ1n) is 8.14. The van der Waals surface area contributed by atoms with Crippen LogP contribution < -0.4 is 0 Å². The van der Waals surface area contributed by atoms with Crippen LogP contribution in [0.1, 0.15) is 12.0 Å². The second kappa shape index (κ2) is 8.96. The van der Waals surface area contributed by atoms with Crippen LogP contribution in [0, 0.1) is 0 Å². The highest BCUT2D eigenvalue weighted by Gasteiger charge is 2.26. The Balaban J connectivity index is 1.91. The lowest BCUT2D eigenvalue weighted by Gasteiger charge is -2.26. The molecule has 0 radical (unpaired) electrons. The SMILES string of the molecule is COCCN(Cc1cccnc1)C(=O)CN1CCC(N(C)C)C1. The fraction of sp³-hybridized carbons (Fsp3) is 0.647. The number of hydrogen-bond donors (Lipinski definition) is 0. The number of nitrogens with zero attached hydrogens (tertiary/aromatic N) is 4. The molecule has 2 rings (SSSR count). The van der Waals surface area contributed by atoms with Crippen LogP contribution in [-0.4, -0.2) is 85.6 Å². The minimum absolute atomic E-state index is 0.158. The summed E-state index contributed by atoms with van der Waals surface area (Å²) < 4.78 is 5.15. The van der Waals surface area contributed by atoms with Crippen molar-refractivity contribution in [2.24, 2.45) is 0 Å². The molecule has 1 aromatic rings. The Morgan fingerprint density at radius 3 is 2.91 bits per heavy atom. The van der Waals surface area contributed by atoms with Gasteiger partial charge >= 0.3 is 0 Å². The van der Waals surface area contributed by atoms with Gasteiger partial charge in [-0.1, -0.05) is 6.07 Å². The minimum atomic E-state index is 0.158. The molecule has 23 heavy (non-hydrogen) atoms. The molecule has 0 aliphatic carbocycles. The van der Waals surface area contributed by atoms with Gasteiger partial charge in [-0.3, -0.25) is 14.7 Å². The molecule has 0 spiro atoms. The molecule has 1 aromatic heterocycles. The summed E-state index contributed by atoms with van der Waals surface area (Å²) in [5, 5.41) is 0. The minimum Gasteiger partial charge on any atom is -0.383 e. The molecule has 0 bridgehead atoms. The summed E-state index contributed by atoms with van der Waals surface area (Å²) in [6.07, 6.45) is 4.68. The van der Waals surface area contributed by atoms with Crippen LogP contribution >= 0.6 is 0 Å². The highest BCUT2D eigenvalue weighted by Crippen LogP contribution is 2.13. The molecule has 1 aliphatic rings. The summed E-state index contributed by atoms with van der Waals surface area (Å²) in [5.41, 5.74) is 1.05. The molecular formula is C17H28N4O2. The van der Waals surface area contributed by atoms with Gasteiger partial charge in [0.15, 0.2) is 0 Å². The van der Waals surface area contributed by atoms with Crippen molar-refractivity contribution in [2.75, 3.05) is 54.0 Å². The van der Waals surface area contributed by atoms with E-state index in [2.05, 4.69) is 28.9 Å². The van der Waals surface area contributed by atoms with Gasteiger partial charge in [0, 0.05) is 51.7 Å². The van der Waals surface area contributed by atoms with Crippen LogP contribution in [0.15, 0.2) is 24.5 Å². The number of ether oxygens (including phenoxy) is 1. The van der Waals surface area contributed by atoms with E-state index in [1.165, 1.54) is 0 Å². The maximum Gasteiger partial charge on any atom is 0.237 e. The van der Waals surface area contributed by atoms with Crippen LogP contribution in [0.5, 0.6) is 0 Å². The summed E-state index contributed by atoms with van der Waals surface area (Å²) in [6.45, 7) is 4.17. The summed E-state index contributed by atoms with van der Waals surface area (Å²) in [5.74, 6) is 0.158. The van der Waals surface area contributed by atoms with Crippen molar-refractivity contribution in [1.29, 1.82) is 0 Å². The zero-order valence-corrected chi connectivity index (χ0v) is 14.4. The monoisotopic (exact) mass is 320 g/mol. The van der Waals surface area contributed by atoms with Crippen molar-refractivity contribution in [3.05, 3.63) is 30.1 Å². The quantitative estimate of drug-likeness (QED) is 0.705. The Labute approximate surface area is 139 Å². The van der Waals surface area contributed by atoms with Gasteiger partial charge in [-0.15, -0.1) is 0 Å². The molecule has 0 aromatic carbocycles. The third-order valence-corrected chi connectivity index (χ3v) is 4.35. The summed E-state index contributed by atoms with van der Waals surface area (Å²) >= 11 is 0. The number of rotatable bonds is 8. The third kappa shape index (κ3) is 5.57. The number of likely N-dealkylation sites (tertiary alicyclic amines) is 1. The molecule has 1 amide bonds. The van der Waals surface area contributed by atoms with E-state index in [1.54, 1.807) is 13.3 Å². The molecule has 128 valence electrons. The van der Waals surface area contributed by atoms with Gasteiger partial charge in [0.25, 0.3) is 0 Å². The molecule has 1 atom stereocenters. The van der Waals surface area contributed by atoms with E-state index in [4.69, 9.17) is 4.74 Å². The van der Waals surface area contributed by atoms with Gasteiger partial charge in [0.05, 0.1) is 13.2 Å². The molecule has 6 nitrogen and oxygen atoms in total. The van der Waals surface area contributed by atoms with Gasteiger partial charge in [-0.2, -0.15) is 0 Å². The number of aromatic nitrogens is 1. The Bertz CT molecular complexity index is 481. The second-order valence-electron chi connectivity index (χ2n) is 6.31. The van der Waals surface area contributed by atoms with Crippen molar-refractivity contribution in [3.8, 4) is 0 Å². The van der Waals surface area contributed by atoms with Gasteiger partial charge in [-0.25, -0.2) is 0 Å². The van der Waals surface area contributed by atoms with Gasteiger partial charge in [0.2, 0.25) is 5.91 Å². The Kier molecular flexibility index (Phi) is 6.95. The number of carbonyl (C=O) groups excluding carboxylic acids is 1. The summed E-state index contributed by atoms with van der Waals surface area (Å²) in [7, 11) is 5.86. The lowest BCUT2D eigenvalue weighted by Crippen LogP contribution is -2.41. The predicted octanol–water partition coefficient (Wildman–Crippen LogP) is 0.693. The van der Waals surface area contributed by atoms with Crippen LogP contribution in [0.3, 0.4) is 0 Å². The number of carbonyl (C=O) groups is 1. The molecule has 1 saturated heterocycles. The molecular weight excluding hydrogens is 292 g/mol. The average molecular weight is 320 g/mol. The summed E-state index contributed by atoms with van der Waals surface area (Å²) in [6, 6.07) is 4.45. The molecule has 0 N–H and O–H groups in total. The average Bonchev–Trinajstić information content (AvgIpc) is 3.01. The Morgan fingerprint density at radius 1 is 1.48 bits per heavy atom. The number of hydrogen-bond acceptors (Lipinski definition) is 5. The second-order valence-corrected chi connectivity index (χ2v) is 6.31. The van der Waals surface area contributed by atoms with E-state index in [0.29, 0.717) is 32.3 Å². The number of pyridine rings is 1. The molecule has 1 unspecified atom stereocenters. The van der Waals surface area contributed by atoms with E-state index in [0.717, 1.165) is 25.1 Å². The lowest BCUT2D eigenvalue weighted by molar-refractivity contribution is -0.133. The van der Waals surface area contributed by atoms with E-state index in [1.807, 2.05) is 23.2 Å². The Hall–Kier alpha value is -1.50. The molecule has 1 fully saturated rings. The third-order valence-electron chi connectivity index (χ3n) is 4.35. The van der Waals surface area contributed by atoms with E-state index < -0.39 is 0 Å². The van der Waals surface area contributed by atoms with Crippen LogP contribution in [0.2, 0.25) is 0 Å². The normalized spacial score (nSPS) is 18.5. The van der Waals surface area contributed by atoms with Gasteiger partial charge in [0.1, 0.15) is 0 Å². The fourth-order valence-corrected chi connectivity index (χ4v) is 2.87. The van der Waals surface area contributed by atoms with Crippen molar-refractivity contribution in [1.82, 2.24) is 19.7 Å². The van der Waals surface area contributed by atoms with Gasteiger partial charge in [-0.05, 0) is 32.1 Å².